The summed E-state index contributed by atoms with van der Waals surface area (Å²) in [4.78, 5) is 7.15. The van der Waals surface area contributed by atoms with Gasteiger partial charge in [-0.3, -0.25) is 0 Å². The highest BCUT2D eigenvalue weighted by Gasteiger charge is 2.07. The number of nitrogens with zero attached hydrogens (tertiary/aromatic N) is 1. The summed E-state index contributed by atoms with van der Waals surface area (Å²) >= 11 is 6.15. The summed E-state index contributed by atoms with van der Waals surface area (Å²) in [7, 11) is 0. The van der Waals surface area contributed by atoms with Crippen LogP contribution in [0.4, 0.5) is 0 Å². The minimum absolute atomic E-state index is 0.578. The van der Waals surface area contributed by atoms with Crippen molar-refractivity contribution in [3.05, 3.63) is 71.6 Å². The van der Waals surface area contributed by atoms with Crippen LogP contribution in [0.3, 0.4) is 0 Å². The number of aromatic amines is 1. The summed E-state index contributed by atoms with van der Waals surface area (Å²) in [5.74, 6) is 0.841. The van der Waals surface area contributed by atoms with Gasteiger partial charge in [0.15, 0.2) is 0 Å². The van der Waals surface area contributed by atoms with Gasteiger partial charge in [-0.05, 0) is 23.8 Å². The van der Waals surface area contributed by atoms with Gasteiger partial charge < -0.3 is 9.72 Å². The summed E-state index contributed by atoms with van der Waals surface area (Å²) < 4.78 is 5.91. The molecule has 106 valence electrons. The minimum atomic E-state index is 0.578. The van der Waals surface area contributed by atoms with E-state index >= 15 is 0 Å². The molecule has 1 aromatic heterocycles. The van der Waals surface area contributed by atoms with Crippen molar-refractivity contribution in [3.63, 3.8) is 0 Å². The van der Waals surface area contributed by atoms with Gasteiger partial charge in [-0.15, -0.1) is 0 Å². The zero-order valence-corrected chi connectivity index (χ0v) is 12.2. The number of ether oxygens (including phenoxy) is 1. The number of rotatable bonds is 5. The van der Waals surface area contributed by atoms with Crippen LogP contribution in [0.1, 0.15) is 5.56 Å². The minimum Gasteiger partial charge on any atom is -0.493 e. The lowest BCUT2D eigenvalue weighted by Gasteiger charge is -2.11. The van der Waals surface area contributed by atoms with Crippen LogP contribution in [0.5, 0.6) is 5.75 Å². The van der Waals surface area contributed by atoms with Crippen LogP contribution in [-0.4, -0.2) is 16.6 Å². The average Bonchev–Trinajstić information content (AvgIpc) is 3.04. The maximum atomic E-state index is 6.15. The third kappa shape index (κ3) is 3.26. The third-order valence-corrected chi connectivity index (χ3v) is 3.63. The number of hydrogen-bond acceptors (Lipinski definition) is 2. The molecule has 2 aromatic carbocycles. The van der Waals surface area contributed by atoms with Crippen molar-refractivity contribution in [1.82, 2.24) is 9.97 Å². The molecule has 0 saturated heterocycles. The van der Waals surface area contributed by atoms with Gasteiger partial charge in [0.05, 0.1) is 24.8 Å². The van der Waals surface area contributed by atoms with E-state index in [1.807, 2.05) is 48.5 Å². The Morgan fingerprint density at radius 1 is 1.05 bits per heavy atom. The zero-order valence-electron chi connectivity index (χ0n) is 11.4. The first-order valence-electron chi connectivity index (χ1n) is 6.78. The van der Waals surface area contributed by atoms with E-state index < -0.39 is 0 Å². The van der Waals surface area contributed by atoms with Crippen molar-refractivity contribution < 1.29 is 4.74 Å². The van der Waals surface area contributed by atoms with Gasteiger partial charge in [-0.1, -0.05) is 41.9 Å². The van der Waals surface area contributed by atoms with Crippen molar-refractivity contribution in [3.8, 4) is 17.0 Å². The highest BCUT2D eigenvalue weighted by atomic mass is 35.5. The van der Waals surface area contributed by atoms with E-state index in [1.54, 1.807) is 12.5 Å². The molecule has 1 N–H and O–H groups in total. The van der Waals surface area contributed by atoms with Crippen LogP contribution in [0.15, 0.2) is 61.1 Å². The number of aromatic nitrogens is 2. The number of H-pyrrole nitrogens is 1. The van der Waals surface area contributed by atoms with Gasteiger partial charge in [0.25, 0.3) is 0 Å². The topological polar surface area (TPSA) is 37.9 Å². The number of imidazole rings is 1. The number of hydrogen-bond donors (Lipinski definition) is 1. The summed E-state index contributed by atoms with van der Waals surface area (Å²) in [5, 5.41) is 0.781. The Hall–Kier alpha value is -2.26. The van der Waals surface area contributed by atoms with E-state index in [4.69, 9.17) is 16.3 Å². The van der Waals surface area contributed by atoms with E-state index in [0.717, 1.165) is 34.0 Å². The Kier molecular flexibility index (Phi) is 4.22. The van der Waals surface area contributed by atoms with Gasteiger partial charge in [0.1, 0.15) is 5.75 Å². The molecule has 0 amide bonds. The van der Waals surface area contributed by atoms with Gasteiger partial charge in [-0.2, -0.15) is 0 Å². The highest BCUT2D eigenvalue weighted by Crippen LogP contribution is 2.28. The smallest absolute Gasteiger partial charge is 0.128 e. The Bertz CT molecular complexity index is 710. The van der Waals surface area contributed by atoms with E-state index in [9.17, 15) is 0 Å². The molecule has 0 bridgehead atoms. The first-order chi connectivity index (χ1) is 10.3. The van der Waals surface area contributed by atoms with Gasteiger partial charge >= 0.3 is 0 Å². The summed E-state index contributed by atoms with van der Waals surface area (Å²) in [6.45, 7) is 0.578. The van der Waals surface area contributed by atoms with Crippen molar-refractivity contribution in [2.24, 2.45) is 0 Å². The number of benzene rings is 2. The average molecular weight is 299 g/mol. The van der Waals surface area contributed by atoms with Crippen molar-refractivity contribution in [2.75, 3.05) is 6.61 Å². The lowest BCUT2D eigenvalue weighted by atomic mass is 10.1. The molecule has 3 aromatic rings. The molecule has 1 heterocycles. The lowest BCUT2D eigenvalue weighted by molar-refractivity contribution is 0.323. The first kappa shape index (κ1) is 13.7. The number of halogens is 1. The van der Waals surface area contributed by atoms with Gasteiger partial charge in [0.2, 0.25) is 0 Å². The molecule has 3 nitrogen and oxygen atoms in total. The van der Waals surface area contributed by atoms with Crippen molar-refractivity contribution in [1.29, 1.82) is 0 Å². The number of nitrogens with one attached hydrogen (secondary N) is 1. The van der Waals surface area contributed by atoms with Crippen LogP contribution in [0, 0.1) is 0 Å². The molecule has 0 saturated carbocycles. The molecule has 0 atom stereocenters. The fourth-order valence-electron chi connectivity index (χ4n) is 2.19. The molecule has 3 rings (SSSR count). The summed E-state index contributed by atoms with van der Waals surface area (Å²) in [6, 6.07) is 15.8. The fraction of sp³-hybridized carbons (Fsp3) is 0.118. The zero-order chi connectivity index (χ0) is 14.5. The Morgan fingerprint density at radius 2 is 1.86 bits per heavy atom. The maximum absolute atomic E-state index is 6.15. The van der Waals surface area contributed by atoms with Crippen molar-refractivity contribution in [2.45, 2.75) is 6.42 Å². The second kappa shape index (κ2) is 6.46. The van der Waals surface area contributed by atoms with Crippen molar-refractivity contribution >= 4 is 11.6 Å². The Morgan fingerprint density at radius 3 is 2.67 bits per heavy atom. The monoisotopic (exact) mass is 298 g/mol. The number of para-hydroxylation sites is 1. The van der Waals surface area contributed by atoms with Crippen LogP contribution < -0.4 is 4.74 Å². The first-order valence-corrected chi connectivity index (χ1v) is 7.16. The molecule has 0 radical (unpaired) electrons. The lowest BCUT2D eigenvalue weighted by Crippen LogP contribution is -2.02. The van der Waals surface area contributed by atoms with E-state index in [-0.39, 0.29) is 0 Å². The molecule has 0 aliphatic rings. The molecule has 0 unspecified atom stereocenters. The van der Waals surface area contributed by atoms with Crippen LogP contribution in [0.25, 0.3) is 11.3 Å². The molecular formula is C17H15ClN2O. The molecule has 4 heteroatoms. The van der Waals surface area contributed by atoms with Gasteiger partial charge in [0, 0.05) is 17.0 Å². The largest absolute Gasteiger partial charge is 0.493 e. The highest BCUT2D eigenvalue weighted by molar-refractivity contribution is 6.31. The van der Waals surface area contributed by atoms with Crippen LogP contribution in [-0.2, 0) is 6.42 Å². The Balaban J connectivity index is 1.70. The van der Waals surface area contributed by atoms with E-state index in [2.05, 4.69) is 9.97 Å². The summed E-state index contributed by atoms with van der Waals surface area (Å²) in [5.41, 5.74) is 3.05. The second-order valence-electron chi connectivity index (χ2n) is 4.65. The predicted molar refractivity (Wildman–Crippen MR) is 84.7 cm³/mol. The quantitative estimate of drug-likeness (QED) is 0.760. The molecule has 0 aliphatic heterocycles. The summed E-state index contributed by atoms with van der Waals surface area (Å²) in [6.07, 6.45) is 4.23. The molecule has 0 fully saturated rings. The molecule has 0 spiro atoms. The van der Waals surface area contributed by atoms with Crippen LogP contribution >= 0.6 is 11.6 Å². The molecule has 21 heavy (non-hydrogen) atoms. The molecule has 0 aliphatic carbocycles. The standard InChI is InChI=1S/C17H15ClN2O/c18-15-7-3-1-5-13(15)9-10-21-17-8-4-2-6-14(17)16-11-19-12-20-16/h1-8,11-12H,9-10H2,(H,19,20). The normalized spacial score (nSPS) is 10.5. The molecular weight excluding hydrogens is 284 g/mol. The second-order valence-corrected chi connectivity index (χ2v) is 5.06. The van der Waals surface area contributed by atoms with Crippen LogP contribution in [0.2, 0.25) is 5.02 Å². The van der Waals surface area contributed by atoms with Gasteiger partial charge in [-0.25, -0.2) is 4.98 Å². The SMILES string of the molecule is Clc1ccccc1CCOc1ccccc1-c1cnc[nH]1. The van der Waals surface area contributed by atoms with E-state index in [0.29, 0.717) is 6.61 Å². The predicted octanol–water partition coefficient (Wildman–Crippen LogP) is 4.35. The maximum Gasteiger partial charge on any atom is 0.128 e. The van der Waals surface area contributed by atoms with E-state index in [1.165, 1.54) is 0 Å². The Labute approximate surface area is 128 Å². The fourth-order valence-corrected chi connectivity index (χ4v) is 2.42. The third-order valence-electron chi connectivity index (χ3n) is 3.26.